The molecule has 1 aromatic carbocycles. The minimum atomic E-state index is -0.322. The number of morpholine rings is 1. The van der Waals surface area contributed by atoms with Crippen molar-refractivity contribution < 1.29 is 14.3 Å². The quantitative estimate of drug-likeness (QED) is 0.641. The summed E-state index contributed by atoms with van der Waals surface area (Å²) in [5, 5.41) is 0. The number of likely N-dealkylation sites (N-methyl/N-ethyl adjacent to an activating group) is 1. The summed E-state index contributed by atoms with van der Waals surface area (Å²) in [5.41, 5.74) is 2.62. The number of aromatic nitrogens is 2. The van der Waals surface area contributed by atoms with Gasteiger partial charge in [-0.05, 0) is 30.8 Å². The number of rotatable bonds is 8. The van der Waals surface area contributed by atoms with Crippen LogP contribution < -0.4 is 9.64 Å². The lowest BCUT2D eigenvalue weighted by atomic mass is 10.0. The molecule has 8 heteroatoms. The van der Waals surface area contributed by atoms with E-state index in [9.17, 15) is 4.79 Å². The van der Waals surface area contributed by atoms with Gasteiger partial charge in [-0.2, -0.15) is 0 Å². The summed E-state index contributed by atoms with van der Waals surface area (Å²) < 4.78 is 11.5. The number of amides is 1. The predicted octanol–water partition coefficient (Wildman–Crippen LogP) is 2.46. The minimum absolute atomic E-state index is 0.127. The average molecular weight is 428 g/mol. The molecule has 1 fully saturated rings. The van der Waals surface area contributed by atoms with E-state index in [2.05, 4.69) is 23.7 Å². The van der Waals surface area contributed by atoms with Crippen LogP contribution in [0.3, 0.4) is 0 Å². The lowest BCUT2D eigenvalue weighted by Gasteiger charge is -2.34. The van der Waals surface area contributed by atoms with Crippen LogP contribution in [0.2, 0.25) is 0 Å². The van der Waals surface area contributed by atoms with Crippen molar-refractivity contribution >= 4 is 11.9 Å². The molecule has 8 nitrogen and oxygen atoms in total. The van der Waals surface area contributed by atoms with Crippen molar-refractivity contribution in [1.29, 1.82) is 0 Å². The molecule has 2 aromatic rings. The van der Waals surface area contributed by atoms with Crippen molar-refractivity contribution in [3.63, 3.8) is 0 Å². The number of nitrogens with zero attached hydrogens (tertiary/aromatic N) is 5. The Labute approximate surface area is 184 Å². The molecule has 1 aliphatic heterocycles. The highest BCUT2D eigenvalue weighted by Crippen LogP contribution is 2.33. The molecule has 0 spiro atoms. The van der Waals surface area contributed by atoms with Crippen molar-refractivity contribution in [2.45, 2.75) is 20.0 Å². The van der Waals surface area contributed by atoms with Gasteiger partial charge < -0.3 is 19.3 Å². The Morgan fingerprint density at radius 2 is 2.06 bits per heavy atom. The average Bonchev–Trinajstić information content (AvgIpc) is 2.82. The Morgan fingerprint density at radius 3 is 2.74 bits per heavy atom. The van der Waals surface area contributed by atoms with Crippen LogP contribution in [0.4, 0.5) is 5.95 Å². The number of benzene rings is 1. The van der Waals surface area contributed by atoms with Gasteiger partial charge in [0.15, 0.2) is 0 Å². The maximum atomic E-state index is 12.9. The molecule has 0 N–H and O–H groups in total. The van der Waals surface area contributed by atoms with Gasteiger partial charge >= 0.3 is 0 Å². The van der Waals surface area contributed by atoms with Crippen molar-refractivity contribution in [1.82, 2.24) is 19.8 Å². The van der Waals surface area contributed by atoms with Gasteiger partial charge in [-0.3, -0.25) is 9.69 Å². The number of hydrogen-bond donors (Lipinski definition) is 0. The van der Waals surface area contributed by atoms with Crippen LogP contribution in [0.1, 0.15) is 25.6 Å². The van der Waals surface area contributed by atoms with Crippen LogP contribution in [0.25, 0.3) is 11.1 Å². The fourth-order valence-electron chi connectivity index (χ4n) is 3.64. The molecule has 31 heavy (non-hydrogen) atoms. The van der Waals surface area contributed by atoms with Gasteiger partial charge in [0.25, 0.3) is 0 Å². The number of hydrogen-bond acceptors (Lipinski definition) is 7. The Balaban J connectivity index is 1.92. The number of carbonyl (C=O) groups is 1. The van der Waals surface area contributed by atoms with Gasteiger partial charge in [-0.1, -0.05) is 26.0 Å². The molecule has 0 aliphatic carbocycles. The molecule has 0 unspecified atom stereocenters. The molecule has 0 saturated carbocycles. The highest BCUT2D eigenvalue weighted by Gasteiger charge is 2.29. The smallest absolute Gasteiger partial charge is 0.236 e. The third-order valence-corrected chi connectivity index (χ3v) is 5.56. The van der Waals surface area contributed by atoms with Crippen molar-refractivity contribution in [3.8, 4) is 16.9 Å². The lowest BCUT2D eigenvalue weighted by Crippen LogP contribution is -2.46. The molecular weight excluding hydrogens is 394 g/mol. The fraction of sp³-hybridized carbons (Fsp3) is 0.522. The maximum Gasteiger partial charge on any atom is 0.236 e. The minimum Gasteiger partial charge on any atom is -0.497 e. The topological polar surface area (TPSA) is 71.0 Å². The summed E-state index contributed by atoms with van der Waals surface area (Å²) in [7, 11) is 5.47. The molecule has 1 amide bonds. The van der Waals surface area contributed by atoms with Gasteiger partial charge in [0, 0.05) is 32.4 Å². The van der Waals surface area contributed by atoms with Crippen molar-refractivity contribution in [2.75, 3.05) is 65.4 Å². The van der Waals surface area contributed by atoms with Crippen LogP contribution in [0.5, 0.6) is 5.75 Å². The Morgan fingerprint density at radius 1 is 1.29 bits per heavy atom. The zero-order valence-electron chi connectivity index (χ0n) is 19.2. The second-order valence-corrected chi connectivity index (χ2v) is 7.76. The van der Waals surface area contributed by atoms with Crippen LogP contribution in [-0.2, 0) is 9.53 Å². The summed E-state index contributed by atoms with van der Waals surface area (Å²) in [5.74, 6) is 1.50. The van der Waals surface area contributed by atoms with E-state index < -0.39 is 0 Å². The Bertz CT molecular complexity index is 885. The first-order valence-electron chi connectivity index (χ1n) is 10.8. The number of carbonyl (C=O) groups excluding carboxylic acids is 1. The van der Waals surface area contributed by atoms with Gasteiger partial charge in [-0.15, -0.1) is 0 Å². The molecule has 1 saturated heterocycles. The van der Waals surface area contributed by atoms with Gasteiger partial charge in [-0.25, -0.2) is 9.97 Å². The third kappa shape index (κ3) is 5.51. The molecule has 1 aromatic heterocycles. The SMILES string of the molecule is CCN(CC)CC(=O)N1CCO[C@H](c2nc(N(C)C)ncc2-c2cccc(OC)c2)C1. The summed E-state index contributed by atoms with van der Waals surface area (Å²) in [6.07, 6.45) is 1.50. The van der Waals surface area contributed by atoms with Gasteiger partial charge in [0.05, 0.1) is 32.5 Å². The zero-order valence-corrected chi connectivity index (χ0v) is 19.2. The second kappa shape index (κ2) is 10.5. The normalized spacial score (nSPS) is 16.5. The number of ether oxygens (including phenoxy) is 2. The van der Waals surface area contributed by atoms with E-state index >= 15 is 0 Å². The Hall–Kier alpha value is -2.71. The van der Waals surface area contributed by atoms with Crippen LogP contribution in [-0.4, -0.2) is 86.2 Å². The van der Waals surface area contributed by atoms with Crippen LogP contribution >= 0.6 is 0 Å². The molecular formula is C23H33N5O3. The Kier molecular flexibility index (Phi) is 7.81. The van der Waals surface area contributed by atoms with Gasteiger partial charge in [0.2, 0.25) is 11.9 Å². The van der Waals surface area contributed by atoms with E-state index in [1.54, 1.807) is 7.11 Å². The number of anilines is 1. The first-order chi connectivity index (χ1) is 15.0. The van der Waals surface area contributed by atoms with Crippen molar-refractivity contribution in [3.05, 3.63) is 36.2 Å². The van der Waals surface area contributed by atoms with E-state index in [0.29, 0.717) is 32.2 Å². The highest BCUT2D eigenvalue weighted by molar-refractivity contribution is 5.78. The fourth-order valence-corrected chi connectivity index (χ4v) is 3.64. The summed E-state index contributed by atoms with van der Waals surface area (Å²) >= 11 is 0. The van der Waals surface area contributed by atoms with E-state index in [4.69, 9.17) is 14.5 Å². The van der Waals surface area contributed by atoms with Crippen LogP contribution in [0, 0.1) is 0 Å². The summed E-state index contributed by atoms with van der Waals surface area (Å²) in [6, 6.07) is 7.82. The molecule has 1 aliphatic rings. The molecule has 2 heterocycles. The largest absolute Gasteiger partial charge is 0.497 e. The molecule has 3 rings (SSSR count). The predicted molar refractivity (Wildman–Crippen MR) is 121 cm³/mol. The molecule has 168 valence electrons. The standard InChI is InChI=1S/C23H33N5O3/c1-6-27(7-2)16-21(29)28-11-12-31-20(15-28)22-19(14-24-23(25-22)26(3)4)17-9-8-10-18(13-17)30-5/h8-10,13-14,20H,6-7,11-12,15-16H2,1-5H3/t20-/m0/s1. The second-order valence-electron chi connectivity index (χ2n) is 7.76. The molecule has 1 atom stereocenters. The van der Waals surface area contributed by atoms with Crippen LogP contribution in [0.15, 0.2) is 30.5 Å². The first kappa shape index (κ1) is 23.0. The van der Waals surface area contributed by atoms with Crippen molar-refractivity contribution in [2.24, 2.45) is 0 Å². The lowest BCUT2D eigenvalue weighted by molar-refractivity contribution is -0.140. The van der Waals surface area contributed by atoms with E-state index in [-0.39, 0.29) is 12.0 Å². The first-order valence-corrected chi connectivity index (χ1v) is 10.8. The molecule has 0 bridgehead atoms. The zero-order chi connectivity index (χ0) is 22.4. The molecule has 0 radical (unpaired) electrons. The van der Waals surface area contributed by atoms with E-state index in [1.807, 2.05) is 54.4 Å². The number of methoxy groups -OCH3 is 1. The maximum absolute atomic E-state index is 12.9. The van der Waals surface area contributed by atoms with E-state index in [0.717, 1.165) is 35.7 Å². The summed E-state index contributed by atoms with van der Waals surface area (Å²) in [4.78, 5) is 28.1. The summed E-state index contributed by atoms with van der Waals surface area (Å²) in [6.45, 7) is 7.83. The monoisotopic (exact) mass is 427 g/mol. The van der Waals surface area contributed by atoms with Gasteiger partial charge in [0.1, 0.15) is 11.9 Å². The van der Waals surface area contributed by atoms with E-state index in [1.165, 1.54) is 0 Å². The third-order valence-electron chi connectivity index (χ3n) is 5.56. The highest BCUT2D eigenvalue weighted by atomic mass is 16.5.